The average Bonchev–Trinajstić information content (AvgIpc) is 2.79. The summed E-state index contributed by atoms with van der Waals surface area (Å²) in [6.45, 7) is 3.98. The molecule has 0 amide bonds. The van der Waals surface area contributed by atoms with E-state index >= 15 is 0 Å². The SMILES string of the molecule is CC1(C)C(C#N)C1c1nc(Cc2cccc(Cl)c2F)no1. The molecule has 21 heavy (non-hydrogen) atoms. The minimum Gasteiger partial charge on any atom is -0.339 e. The van der Waals surface area contributed by atoms with Crippen LogP contribution in [0, 0.1) is 28.5 Å². The predicted molar refractivity (Wildman–Crippen MR) is 74.1 cm³/mol. The molecule has 4 nitrogen and oxygen atoms in total. The van der Waals surface area contributed by atoms with Crippen LogP contribution in [0.5, 0.6) is 0 Å². The Hall–Kier alpha value is -1.93. The molecule has 6 heteroatoms. The summed E-state index contributed by atoms with van der Waals surface area (Å²) < 4.78 is 19.1. The first-order valence-corrected chi connectivity index (χ1v) is 6.98. The Morgan fingerprint density at radius 1 is 1.48 bits per heavy atom. The van der Waals surface area contributed by atoms with Gasteiger partial charge in [-0.1, -0.05) is 42.7 Å². The summed E-state index contributed by atoms with van der Waals surface area (Å²) in [5.41, 5.74) is 0.265. The van der Waals surface area contributed by atoms with E-state index < -0.39 is 5.82 Å². The number of rotatable bonds is 3. The maximum atomic E-state index is 13.8. The molecular weight excluding hydrogens is 293 g/mol. The summed E-state index contributed by atoms with van der Waals surface area (Å²) in [6, 6.07) is 7.05. The van der Waals surface area contributed by atoms with E-state index in [1.54, 1.807) is 12.1 Å². The van der Waals surface area contributed by atoms with Gasteiger partial charge in [0.25, 0.3) is 0 Å². The van der Waals surface area contributed by atoms with Gasteiger partial charge < -0.3 is 4.52 Å². The highest BCUT2D eigenvalue weighted by molar-refractivity contribution is 6.30. The fourth-order valence-corrected chi connectivity index (χ4v) is 2.85. The molecule has 0 bridgehead atoms. The largest absolute Gasteiger partial charge is 0.339 e. The van der Waals surface area contributed by atoms with Crippen molar-refractivity contribution in [1.82, 2.24) is 10.1 Å². The molecule has 1 aromatic carbocycles. The third-order valence-electron chi connectivity index (χ3n) is 4.10. The van der Waals surface area contributed by atoms with Crippen LogP contribution >= 0.6 is 11.6 Å². The number of aromatic nitrogens is 2. The normalized spacial score (nSPS) is 22.8. The van der Waals surface area contributed by atoms with Crippen molar-refractivity contribution in [2.24, 2.45) is 11.3 Å². The molecule has 0 spiro atoms. The van der Waals surface area contributed by atoms with Gasteiger partial charge >= 0.3 is 0 Å². The van der Waals surface area contributed by atoms with Gasteiger partial charge in [0.15, 0.2) is 5.82 Å². The van der Waals surface area contributed by atoms with Gasteiger partial charge in [-0.3, -0.25) is 0 Å². The van der Waals surface area contributed by atoms with Gasteiger partial charge in [-0.15, -0.1) is 0 Å². The van der Waals surface area contributed by atoms with Gasteiger partial charge in [-0.2, -0.15) is 10.2 Å². The van der Waals surface area contributed by atoms with E-state index in [-0.39, 0.29) is 28.7 Å². The van der Waals surface area contributed by atoms with Gasteiger partial charge in [0.2, 0.25) is 5.89 Å². The van der Waals surface area contributed by atoms with Crippen LogP contribution in [0.3, 0.4) is 0 Å². The Morgan fingerprint density at radius 3 is 2.90 bits per heavy atom. The summed E-state index contributed by atoms with van der Waals surface area (Å²) in [6.07, 6.45) is 0.209. The number of nitrogens with zero attached hydrogens (tertiary/aromatic N) is 3. The lowest BCUT2D eigenvalue weighted by Crippen LogP contribution is -1.96. The highest BCUT2D eigenvalue weighted by Crippen LogP contribution is 2.63. The van der Waals surface area contributed by atoms with Gasteiger partial charge in [0, 0.05) is 6.42 Å². The first-order chi connectivity index (χ1) is 9.95. The molecule has 3 rings (SSSR count). The zero-order chi connectivity index (χ0) is 15.2. The topological polar surface area (TPSA) is 62.7 Å². The summed E-state index contributed by atoms with van der Waals surface area (Å²) in [4.78, 5) is 4.29. The minimum atomic E-state index is -0.466. The van der Waals surface area contributed by atoms with E-state index in [2.05, 4.69) is 16.2 Å². The highest BCUT2D eigenvalue weighted by Gasteiger charge is 2.62. The molecule has 2 unspecified atom stereocenters. The van der Waals surface area contributed by atoms with Crippen LogP contribution in [0.25, 0.3) is 0 Å². The van der Waals surface area contributed by atoms with Crippen LogP contribution in [0.1, 0.15) is 37.0 Å². The second kappa shape index (κ2) is 4.81. The Bertz CT molecular complexity index is 735. The second-order valence-corrected chi connectivity index (χ2v) is 6.25. The van der Waals surface area contributed by atoms with Crippen molar-refractivity contribution in [1.29, 1.82) is 5.26 Å². The van der Waals surface area contributed by atoms with Crippen LogP contribution in [-0.2, 0) is 6.42 Å². The first kappa shape index (κ1) is 14.0. The second-order valence-electron chi connectivity index (χ2n) is 5.84. The van der Waals surface area contributed by atoms with E-state index in [9.17, 15) is 4.39 Å². The number of benzene rings is 1. The number of halogens is 2. The van der Waals surface area contributed by atoms with Crippen LogP contribution < -0.4 is 0 Å². The van der Waals surface area contributed by atoms with Crippen LogP contribution in [-0.4, -0.2) is 10.1 Å². The van der Waals surface area contributed by atoms with Crippen LogP contribution in [0.4, 0.5) is 4.39 Å². The third kappa shape index (κ3) is 2.30. The Labute approximate surface area is 126 Å². The van der Waals surface area contributed by atoms with Gasteiger partial charge in [-0.25, -0.2) is 4.39 Å². The van der Waals surface area contributed by atoms with E-state index in [0.29, 0.717) is 17.3 Å². The molecule has 0 saturated heterocycles. The maximum Gasteiger partial charge on any atom is 0.231 e. The van der Waals surface area contributed by atoms with Crippen LogP contribution in [0.2, 0.25) is 5.02 Å². The lowest BCUT2D eigenvalue weighted by atomic mass is 10.1. The van der Waals surface area contributed by atoms with Crippen molar-refractivity contribution >= 4 is 11.6 Å². The molecule has 2 atom stereocenters. The zero-order valence-corrected chi connectivity index (χ0v) is 12.4. The summed E-state index contributed by atoms with van der Waals surface area (Å²) in [5.74, 6) is 0.211. The van der Waals surface area contributed by atoms with E-state index in [1.165, 1.54) is 6.07 Å². The van der Waals surface area contributed by atoms with E-state index in [4.69, 9.17) is 21.4 Å². The standard InChI is InChI=1S/C15H13ClFN3O/c1-15(2)9(7-18)12(15)14-19-11(20-21-14)6-8-4-3-5-10(16)13(8)17/h3-5,9,12H,6H2,1-2H3. The predicted octanol–water partition coefficient (Wildman–Crippen LogP) is 3.72. The van der Waals surface area contributed by atoms with Crippen molar-refractivity contribution in [2.45, 2.75) is 26.2 Å². The monoisotopic (exact) mass is 305 g/mol. The molecule has 0 radical (unpaired) electrons. The molecule has 108 valence electrons. The van der Waals surface area contributed by atoms with Gasteiger partial charge in [0.05, 0.1) is 22.9 Å². The molecule has 1 saturated carbocycles. The smallest absolute Gasteiger partial charge is 0.231 e. The lowest BCUT2D eigenvalue weighted by molar-refractivity contribution is 0.363. The Morgan fingerprint density at radius 2 is 2.24 bits per heavy atom. The van der Waals surface area contributed by atoms with Gasteiger partial charge in [-0.05, 0) is 17.0 Å². The number of nitriles is 1. The molecule has 2 aromatic rings. The molecule has 1 fully saturated rings. The highest BCUT2D eigenvalue weighted by atomic mass is 35.5. The van der Waals surface area contributed by atoms with Crippen molar-refractivity contribution < 1.29 is 8.91 Å². The van der Waals surface area contributed by atoms with Gasteiger partial charge in [0.1, 0.15) is 5.82 Å². The summed E-state index contributed by atoms with van der Waals surface area (Å²) in [7, 11) is 0. The summed E-state index contributed by atoms with van der Waals surface area (Å²) >= 11 is 5.75. The van der Waals surface area contributed by atoms with Crippen molar-refractivity contribution in [3.05, 3.63) is 46.3 Å². The summed E-state index contributed by atoms with van der Waals surface area (Å²) in [5, 5.41) is 13.0. The maximum absolute atomic E-state index is 13.8. The van der Waals surface area contributed by atoms with Crippen molar-refractivity contribution in [2.75, 3.05) is 0 Å². The van der Waals surface area contributed by atoms with E-state index in [0.717, 1.165) is 0 Å². The molecule has 0 N–H and O–H groups in total. The molecule has 1 aliphatic carbocycles. The molecule has 1 aliphatic rings. The van der Waals surface area contributed by atoms with E-state index in [1.807, 2.05) is 13.8 Å². The first-order valence-electron chi connectivity index (χ1n) is 6.60. The van der Waals surface area contributed by atoms with Crippen LogP contribution in [0.15, 0.2) is 22.7 Å². The quantitative estimate of drug-likeness (QED) is 0.867. The molecule has 1 aromatic heterocycles. The molecule has 0 aliphatic heterocycles. The fourth-order valence-electron chi connectivity index (χ4n) is 2.66. The number of hydrogen-bond acceptors (Lipinski definition) is 4. The fraction of sp³-hybridized carbons (Fsp3) is 0.400. The number of hydrogen-bond donors (Lipinski definition) is 0. The average molecular weight is 306 g/mol. The Kier molecular flexibility index (Phi) is 3.22. The third-order valence-corrected chi connectivity index (χ3v) is 4.39. The minimum absolute atomic E-state index is 0.0482. The molecule has 1 heterocycles. The van der Waals surface area contributed by atoms with Crippen molar-refractivity contribution in [3.63, 3.8) is 0 Å². The lowest BCUT2D eigenvalue weighted by Gasteiger charge is -2.00. The van der Waals surface area contributed by atoms with Crippen molar-refractivity contribution in [3.8, 4) is 6.07 Å². The molecular formula is C15H13ClFN3O. The zero-order valence-electron chi connectivity index (χ0n) is 11.6. The Balaban J connectivity index is 1.81.